The van der Waals surface area contributed by atoms with Crippen molar-refractivity contribution in [3.63, 3.8) is 0 Å². The summed E-state index contributed by atoms with van der Waals surface area (Å²) >= 11 is 0. The molecule has 0 spiro atoms. The highest BCUT2D eigenvalue weighted by Gasteiger charge is 2.17. The molecule has 0 aromatic rings. The third-order valence-electron chi connectivity index (χ3n) is 2.14. The smallest absolute Gasteiger partial charge is 0.0452 e. The summed E-state index contributed by atoms with van der Waals surface area (Å²) in [6.07, 6.45) is 5.32. The fraction of sp³-hybridized carbons (Fsp3) is 0.727. The Morgan fingerprint density at radius 2 is 2.17 bits per heavy atom. The zero-order valence-corrected chi connectivity index (χ0v) is 8.59. The Kier molecular flexibility index (Phi) is 2.71. The number of hydrogen-bond acceptors (Lipinski definition) is 1. The van der Waals surface area contributed by atoms with E-state index in [1.807, 2.05) is 6.21 Å². The van der Waals surface area contributed by atoms with Gasteiger partial charge in [-0.2, -0.15) is 0 Å². The number of allylic oxidation sites excluding steroid dienone is 1. The second kappa shape index (κ2) is 3.42. The largest absolute Gasteiger partial charge is 0.293 e. The Hall–Kier alpha value is -0.590. The lowest BCUT2D eigenvalue weighted by Gasteiger charge is -2.24. The average Bonchev–Trinajstić information content (AvgIpc) is 1.91. The number of hydrogen-bond donors (Lipinski definition) is 0. The first kappa shape index (κ1) is 9.50. The quantitative estimate of drug-likeness (QED) is 0.566. The minimum atomic E-state index is 0.408. The zero-order chi connectivity index (χ0) is 9.19. The van der Waals surface area contributed by atoms with Crippen LogP contribution in [-0.2, 0) is 0 Å². The van der Waals surface area contributed by atoms with Crippen LogP contribution in [0.15, 0.2) is 16.6 Å². The maximum Gasteiger partial charge on any atom is 0.0452 e. The molecule has 0 amide bonds. The van der Waals surface area contributed by atoms with Crippen molar-refractivity contribution in [1.82, 2.24) is 0 Å². The minimum Gasteiger partial charge on any atom is -0.293 e. The summed E-state index contributed by atoms with van der Waals surface area (Å²) in [6, 6.07) is 0. The highest BCUT2D eigenvalue weighted by molar-refractivity contribution is 5.73. The van der Waals surface area contributed by atoms with Gasteiger partial charge in [0, 0.05) is 12.8 Å². The van der Waals surface area contributed by atoms with Gasteiger partial charge < -0.3 is 0 Å². The molecule has 1 heteroatoms. The number of nitrogens with zero attached hydrogens (tertiary/aromatic N) is 1. The lowest BCUT2D eigenvalue weighted by molar-refractivity contribution is 0.391. The van der Waals surface area contributed by atoms with Crippen molar-refractivity contribution in [2.75, 3.05) is 6.54 Å². The molecule has 1 unspecified atom stereocenters. The summed E-state index contributed by atoms with van der Waals surface area (Å²) in [5.41, 5.74) is 1.96. The molecule has 1 aliphatic rings. The first-order valence-corrected chi connectivity index (χ1v) is 4.68. The summed E-state index contributed by atoms with van der Waals surface area (Å²) in [5.74, 6) is 0.647. The second-order valence-electron chi connectivity index (χ2n) is 4.89. The molecule has 1 heterocycles. The maximum atomic E-state index is 4.24. The Balaban J connectivity index is 2.62. The normalized spacial score (nSPS) is 24.0. The minimum absolute atomic E-state index is 0.408. The Bertz CT molecular complexity index is 206. The van der Waals surface area contributed by atoms with Crippen LogP contribution >= 0.6 is 0 Å². The van der Waals surface area contributed by atoms with E-state index < -0.39 is 0 Å². The van der Waals surface area contributed by atoms with E-state index in [0.29, 0.717) is 11.3 Å². The molecule has 0 N–H and O–H groups in total. The van der Waals surface area contributed by atoms with Crippen LogP contribution in [0.25, 0.3) is 0 Å². The highest BCUT2D eigenvalue weighted by atomic mass is 14.7. The summed E-state index contributed by atoms with van der Waals surface area (Å²) in [6.45, 7) is 10.1. The molecule has 0 aromatic carbocycles. The SMILES string of the molecule is CC1CN=CC=C1CC(C)(C)C. The van der Waals surface area contributed by atoms with Crippen molar-refractivity contribution >= 4 is 6.21 Å². The lowest BCUT2D eigenvalue weighted by atomic mass is 9.82. The van der Waals surface area contributed by atoms with Gasteiger partial charge in [0.25, 0.3) is 0 Å². The Morgan fingerprint density at radius 1 is 1.50 bits per heavy atom. The van der Waals surface area contributed by atoms with Crippen LogP contribution in [0, 0.1) is 11.3 Å². The molecule has 0 aliphatic carbocycles. The predicted octanol–water partition coefficient (Wildman–Crippen LogP) is 3.07. The molecule has 68 valence electrons. The Labute approximate surface area is 75.6 Å². The number of dihydropyridines is 1. The van der Waals surface area contributed by atoms with Crippen molar-refractivity contribution in [3.8, 4) is 0 Å². The molecule has 1 atom stereocenters. The third kappa shape index (κ3) is 2.80. The van der Waals surface area contributed by atoms with Crippen LogP contribution in [-0.4, -0.2) is 12.8 Å². The van der Waals surface area contributed by atoms with Crippen molar-refractivity contribution in [3.05, 3.63) is 11.6 Å². The van der Waals surface area contributed by atoms with Crippen molar-refractivity contribution in [2.45, 2.75) is 34.1 Å². The first-order valence-electron chi connectivity index (χ1n) is 4.68. The standard InChI is InChI=1S/C11H19N/c1-9-8-12-6-5-10(9)7-11(2,3)4/h5-6,9H,7-8H2,1-4H3. The maximum absolute atomic E-state index is 4.24. The van der Waals surface area contributed by atoms with Crippen molar-refractivity contribution < 1.29 is 0 Å². The fourth-order valence-corrected chi connectivity index (χ4v) is 1.49. The molecule has 0 fully saturated rings. The van der Waals surface area contributed by atoms with Gasteiger partial charge in [0.05, 0.1) is 0 Å². The second-order valence-corrected chi connectivity index (χ2v) is 4.89. The first-order chi connectivity index (χ1) is 5.49. The number of aliphatic imine (C=N–C) groups is 1. The molecular formula is C11H19N. The van der Waals surface area contributed by atoms with Crippen LogP contribution in [0.1, 0.15) is 34.1 Å². The lowest BCUT2D eigenvalue weighted by Crippen LogP contribution is -2.15. The monoisotopic (exact) mass is 165 g/mol. The van der Waals surface area contributed by atoms with E-state index in [4.69, 9.17) is 0 Å². The summed E-state index contributed by atoms with van der Waals surface area (Å²) in [5, 5.41) is 0. The number of rotatable bonds is 1. The molecule has 1 aliphatic heterocycles. The van der Waals surface area contributed by atoms with Gasteiger partial charge >= 0.3 is 0 Å². The molecule has 0 aromatic heterocycles. The van der Waals surface area contributed by atoms with Gasteiger partial charge in [-0.3, -0.25) is 4.99 Å². The Morgan fingerprint density at radius 3 is 2.67 bits per heavy atom. The molecule has 12 heavy (non-hydrogen) atoms. The van der Waals surface area contributed by atoms with Gasteiger partial charge in [0.2, 0.25) is 0 Å². The zero-order valence-electron chi connectivity index (χ0n) is 8.59. The summed E-state index contributed by atoms with van der Waals surface area (Å²) in [7, 11) is 0. The van der Waals surface area contributed by atoms with Gasteiger partial charge in [0.15, 0.2) is 0 Å². The van der Waals surface area contributed by atoms with Crippen LogP contribution in [0.3, 0.4) is 0 Å². The average molecular weight is 165 g/mol. The van der Waals surface area contributed by atoms with Crippen LogP contribution in [0.5, 0.6) is 0 Å². The fourth-order valence-electron chi connectivity index (χ4n) is 1.49. The molecule has 0 saturated carbocycles. The van der Waals surface area contributed by atoms with Gasteiger partial charge in [-0.05, 0) is 23.8 Å². The van der Waals surface area contributed by atoms with Gasteiger partial charge in [-0.15, -0.1) is 0 Å². The van der Waals surface area contributed by atoms with E-state index in [0.717, 1.165) is 6.54 Å². The molecule has 0 saturated heterocycles. The van der Waals surface area contributed by atoms with E-state index in [1.165, 1.54) is 6.42 Å². The molecule has 1 rings (SSSR count). The molecule has 0 bridgehead atoms. The van der Waals surface area contributed by atoms with Crippen molar-refractivity contribution in [1.29, 1.82) is 0 Å². The van der Waals surface area contributed by atoms with Gasteiger partial charge in [-0.25, -0.2) is 0 Å². The molecule has 0 radical (unpaired) electrons. The van der Waals surface area contributed by atoms with Crippen LogP contribution < -0.4 is 0 Å². The molecular weight excluding hydrogens is 146 g/mol. The van der Waals surface area contributed by atoms with E-state index in [-0.39, 0.29) is 0 Å². The van der Waals surface area contributed by atoms with Gasteiger partial charge in [-0.1, -0.05) is 33.3 Å². The van der Waals surface area contributed by atoms with E-state index >= 15 is 0 Å². The molecule has 1 nitrogen and oxygen atoms in total. The summed E-state index contributed by atoms with van der Waals surface area (Å²) < 4.78 is 0. The van der Waals surface area contributed by atoms with Gasteiger partial charge in [0.1, 0.15) is 0 Å². The van der Waals surface area contributed by atoms with E-state index in [1.54, 1.807) is 5.57 Å². The predicted molar refractivity (Wildman–Crippen MR) is 54.7 cm³/mol. The summed E-state index contributed by atoms with van der Waals surface area (Å²) in [4.78, 5) is 4.24. The highest BCUT2D eigenvalue weighted by Crippen LogP contribution is 2.29. The van der Waals surface area contributed by atoms with E-state index in [9.17, 15) is 0 Å². The van der Waals surface area contributed by atoms with Crippen LogP contribution in [0.4, 0.5) is 0 Å². The van der Waals surface area contributed by atoms with Crippen LogP contribution in [0.2, 0.25) is 0 Å². The van der Waals surface area contributed by atoms with Crippen molar-refractivity contribution in [2.24, 2.45) is 16.3 Å². The third-order valence-corrected chi connectivity index (χ3v) is 2.14. The topological polar surface area (TPSA) is 12.4 Å². The van der Waals surface area contributed by atoms with E-state index in [2.05, 4.69) is 38.8 Å².